The molecule has 7 heteroatoms. The van der Waals surface area contributed by atoms with Crippen molar-refractivity contribution in [1.82, 2.24) is 9.80 Å². The van der Waals surface area contributed by atoms with Crippen molar-refractivity contribution >= 4 is 11.8 Å². The Bertz CT molecular complexity index is 984. The largest absolute Gasteiger partial charge is 0.497 e. The van der Waals surface area contributed by atoms with Crippen LogP contribution in [0.5, 0.6) is 11.5 Å². The Morgan fingerprint density at radius 2 is 1.72 bits per heavy atom. The number of piperidine rings is 1. The molecule has 0 atom stereocenters. The van der Waals surface area contributed by atoms with Gasteiger partial charge >= 0.3 is 0 Å². The number of methoxy groups -OCH3 is 2. The van der Waals surface area contributed by atoms with Crippen molar-refractivity contribution in [1.29, 1.82) is 0 Å². The summed E-state index contributed by atoms with van der Waals surface area (Å²) >= 11 is 0. The van der Waals surface area contributed by atoms with Crippen molar-refractivity contribution in [2.75, 3.05) is 33.9 Å². The quantitative estimate of drug-likeness (QED) is 0.691. The second kappa shape index (κ2) is 9.18. The number of carbonyl (C=O) groups excluding carboxylic acids is 2. The van der Waals surface area contributed by atoms with E-state index in [4.69, 9.17) is 9.47 Å². The van der Waals surface area contributed by atoms with Crippen LogP contribution in [-0.2, 0) is 22.6 Å². The number of ether oxygens (including phenoxy) is 2. The van der Waals surface area contributed by atoms with Crippen LogP contribution in [0.2, 0.25) is 0 Å². The minimum atomic E-state index is -0.461. The smallest absolute Gasteiger partial charge is 0.226 e. The van der Waals surface area contributed by atoms with E-state index in [1.165, 1.54) is 13.2 Å². The summed E-state index contributed by atoms with van der Waals surface area (Å²) in [6, 6.07) is 12.4. The Balaban J connectivity index is 1.31. The molecule has 4 rings (SSSR count). The maximum absolute atomic E-state index is 13.9. The van der Waals surface area contributed by atoms with E-state index in [0.29, 0.717) is 31.6 Å². The summed E-state index contributed by atoms with van der Waals surface area (Å²) in [5.74, 6) is 0.675. The number of hydrogen-bond acceptors (Lipinski definition) is 4. The third-order valence-electron chi connectivity index (χ3n) is 6.69. The summed E-state index contributed by atoms with van der Waals surface area (Å²) in [5, 5.41) is 0. The van der Waals surface area contributed by atoms with Gasteiger partial charge in [-0.1, -0.05) is 18.2 Å². The van der Waals surface area contributed by atoms with E-state index in [9.17, 15) is 14.0 Å². The molecule has 2 aromatic rings. The third-order valence-corrected chi connectivity index (χ3v) is 6.69. The molecule has 2 aromatic carbocycles. The molecular formula is C25H29FN2O4. The van der Waals surface area contributed by atoms with Gasteiger partial charge in [0.2, 0.25) is 11.8 Å². The van der Waals surface area contributed by atoms with E-state index in [0.717, 1.165) is 30.7 Å². The van der Waals surface area contributed by atoms with E-state index >= 15 is 0 Å². The van der Waals surface area contributed by atoms with Crippen molar-refractivity contribution < 1.29 is 23.5 Å². The summed E-state index contributed by atoms with van der Waals surface area (Å²) in [5.41, 5.74) is 1.65. The summed E-state index contributed by atoms with van der Waals surface area (Å²) in [6.45, 7) is 2.57. The number of amides is 2. The second-order valence-corrected chi connectivity index (χ2v) is 8.80. The van der Waals surface area contributed by atoms with Gasteiger partial charge in [-0.15, -0.1) is 0 Å². The minimum Gasteiger partial charge on any atom is -0.497 e. The summed E-state index contributed by atoms with van der Waals surface area (Å²) < 4.78 is 24.0. The fourth-order valence-corrected chi connectivity index (χ4v) is 4.75. The first-order valence-corrected chi connectivity index (χ1v) is 10.9. The monoisotopic (exact) mass is 440 g/mol. The van der Waals surface area contributed by atoms with Crippen LogP contribution >= 0.6 is 0 Å². The van der Waals surface area contributed by atoms with Crippen LogP contribution in [-0.4, -0.2) is 55.5 Å². The van der Waals surface area contributed by atoms with Crippen LogP contribution in [0.1, 0.15) is 30.4 Å². The first kappa shape index (κ1) is 22.1. The molecule has 0 saturated carbocycles. The Labute approximate surface area is 187 Å². The zero-order valence-corrected chi connectivity index (χ0v) is 18.6. The number of rotatable bonds is 6. The van der Waals surface area contributed by atoms with Gasteiger partial charge in [-0.25, -0.2) is 4.39 Å². The second-order valence-electron chi connectivity index (χ2n) is 8.80. The van der Waals surface area contributed by atoms with Crippen molar-refractivity contribution in [3.05, 3.63) is 59.4 Å². The lowest BCUT2D eigenvalue weighted by Gasteiger charge is -2.39. The van der Waals surface area contributed by atoms with E-state index in [-0.39, 0.29) is 29.4 Å². The predicted molar refractivity (Wildman–Crippen MR) is 118 cm³/mol. The van der Waals surface area contributed by atoms with Crippen LogP contribution in [0.25, 0.3) is 0 Å². The van der Waals surface area contributed by atoms with Crippen molar-refractivity contribution in [3.63, 3.8) is 0 Å². The Morgan fingerprint density at radius 1 is 1.03 bits per heavy atom. The van der Waals surface area contributed by atoms with E-state index < -0.39 is 5.82 Å². The molecule has 0 aliphatic carbocycles. The molecule has 2 saturated heterocycles. The van der Waals surface area contributed by atoms with Crippen LogP contribution in [0, 0.1) is 11.2 Å². The number of likely N-dealkylation sites (tertiary alicyclic amines) is 2. The fourth-order valence-electron chi connectivity index (χ4n) is 4.75. The molecule has 6 nitrogen and oxygen atoms in total. The molecule has 2 fully saturated rings. The molecule has 0 unspecified atom stereocenters. The van der Waals surface area contributed by atoms with Gasteiger partial charge in [0.05, 0.1) is 20.6 Å². The lowest BCUT2D eigenvalue weighted by Crippen LogP contribution is -2.44. The number of carbonyl (C=O) groups is 2. The minimum absolute atomic E-state index is 0.0103. The summed E-state index contributed by atoms with van der Waals surface area (Å²) in [7, 11) is 3.05. The highest BCUT2D eigenvalue weighted by Crippen LogP contribution is 2.41. The van der Waals surface area contributed by atoms with E-state index in [2.05, 4.69) is 0 Å². The molecule has 2 heterocycles. The molecule has 32 heavy (non-hydrogen) atoms. The van der Waals surface area contributed by atoms with Gasteiger partial charge in [-0.05, 0) is 48.2 Å². The lowest BCUT2D eigenvalue weighted by molar-refractivity contribution is -0.132. The maximum atomic E-state index is 13.9. The van der Waals surface area contributed by atoms with Gasteiger partial charge in [0.25, 0.3) is 0 Å². The van der Waals surface area contributed by atoms with Gasteiger partial charge in [-0.3, -0.25) is 9.59 Å². The van der Waals surface area contributed by atoms with Gasteiger partial charge in [-0.2, -0.15) is 0 Å². The molecule has 2 amide bonds. The zero-order valence-electron chi connectivity index (χ0n) is 18.6. The summed E-state index contributed by atoms with van der Waals surface area (Å²) in [4.78, 5) is 29.2. The Hall–Kier alpha value is -3.09. The third kappa shape index (κ3) is 4.71. The predicted octanol–water partition coefficient (Wildman–Crippen LogP) is 3.43. The molecule has 0 N–H and O–H groups in total. The SMILES string of the molecule is COc1ccc(CN2CC3(CCN(C(=O)Cc4ccc(OC)c(F)c4)CC3)CC2=O)cc1. The van der Waals surface area contributed by atoms with Crippen LogP contribution in [0.3, 0.4) is 0 Å². The number of halogens is 1. The van der Waals surface area contributed by atoms with Crippen molar-refractivity contribution in [2.24, 2.45) is 5.41 Å². The van der Waals surface area contributed by atoms with Gasteiger partial charge < -0.3 is 19.3 Å². The van der Waals surface area contributed by atoms with Gasteiger partial charge in [0.15, 0.2) is 11.6 Å². The average molecular weight is 441 g/mol. The number of hydrogen-bond donors (Lipinski definition) is 0. The van der Waals surface area contributed by atoms with Gasteiger partial charge in [0.1, 0.15) is 5.75 Å². The highest BCUT2D eigenvalue weighted by Gasteiger charge is 2.45. The first-order valence-electron chi connectivity index (χ1n) is 10.9. The first-order chi connectivity index (χ1) is 15.4. The lowest BCUT2D eigenvalue weighted by atomic mass is 9.77. The highest BCUT2D eigenvalue weighted by molar-refractivity contribution is 5.80. The standard InChI is InChI=1S/C25H29FN2O4/c1-31-20-6-3-18(4-7-20)16-28-17-25(15-24(28)30)9-11-27(12-10-25)23(29)14-19-5-8-22(32-2)21(26)13-19/h3-8,13H,9-12,14-17H2,1-2H3. The van der Waals surface area contributed by atoms with Crippen LogP contribution in [0.4, 0.5) is 4.39 Å². The molecule has 0 bridgehead atoms. The molecule has 2 aliphatic heterocycles. The number of benzene rings is 2. The van der Waals surface area contributed by atoms with Crippen LogP contribution < -0.4 is 9.47 Å². The zero-order chi connectivity index (χ0) is 22.7. The topological polar surface area (TPSA) is 59.1 Å². The molecular weight excluding hydrogens is 411 g/mol. The van der Waals surface area contributed by atoms with Crippen molar-refractivity contribution in [3.8, 4) is 11.5 Å². The van der Waals surface area contributed by atoms with E-state index in [1.807, 2.05) is 34.1 Å². The molecule has 2 aliphatic rings. The Kier molecular flexibility index (Phi) is 6.35. The summed E-state index contributed by atoms with van der Waals surface area (Å²) in [6.07, 6.45) is 2.31. The van der Waals surface area contributed by atoms with Crippen molar-refractivity contribution in [2.45, 2.75) is 32.2 Å². The molecule has 0 radical (unpaired) electrons. The number of nitrogens with zero attached hydrogens (tertiary/aromatic N) is 2. The molecule has 1 spiro atoms. The fraction of sp³-hybridized carbons (Fsp3) is 0.440. The average Bonchev–Trinajstić information content (AvgIpc) is 3.09. The van der Waals surface area contributed by atoms with Gasteiger partial charge in [0, 0.05) is 38.0 Å². The molecule has 0 aromatic heterocycles. The maximum Gasteiger partial charge on any atom is 0.226 e. The van der Waals surface area contributed by atoms with E-state index in [1.54, 1.807) is 19.2 Å². The molecule has 170 valence electrons. The van der Waals surface area contributed by atoms with Crippen LogP contribution in [0.15, 0.2) is 42.5 Å². The normalized spacial score (nSPS) is 17.7. The Morgan fingerprint density at radius 3 is 2.34 bits per heavy atom. The highest BCUT2D eigenvalue weighted by atomic mass is 19.1.